The largest absolute Gasteiger partial charge is 0.344 e. The van der Waals surface area contributed by atoms with E-state index in [9.17, 15) is 23.3 Å². The Bertz CT molecular complexity index is 457. The fraction of sp³-hybridized carbons (Fsp3) is 0.364. The number of nitro groups is 1. The molecule has 0 heterocycles. The third kappa shape index (κ3) is 4.05. The molecule has 0 N–H and O–H groups in total. The lowest BCUT2D eigenvalue weighted by atomic mass is 10.2. The Hall–Kier alpha value is -2.10. The van der Waals surface area contributed by atoms with Gasteiger partial charge in [0.2, 0.25) is 11.6 Å². The Morgan fingerprint density at radius 1 is 1.17 bits per heavy atom. The van der Waals surface area contributed by atoms with E-state index in [1.807, 2.05) is 27.7 Å². The maximum atomic E-state index is 12.9. The van der Waals surface area contributed by atoms with Crippen LogP contribution in [0.15, 0.2) is 6.07 Å². The molecular formula is C11H13F3N2O2. The van der Waals surface area contributed by atoms with Crippen LogP contribution >= 0.6 is 0 Å². The fourth-order valence-electron chi connectivity index (χ4n) is 0.832. The summed E-state index contributed by atoms with van der Waals surface area (Å²) in [5, 5.41) is 18.4. The lowest BCUT2D eigenvalue weighted by Crippen LogP contribution is -2.02. The molecule has 100 valence electrons. The van der Waals surface area contributed by atoms with Gasteiger partial charge in [-0.05, 0) is 6.07 Å². The number of hydrogen-bond acceptors (Lipinski definition) is 3. The van der Waals surface area contributed by atoms with E-state index in [0.29, 0.717) is 0 Å². The van der Waals surface area contributed by atoms with Crippen LogP contribution < -0.4 is 0 Å². The summed E-state index contributed by atoms with van der Waals surface area (Å²) in [5.74, 6) is -5.21. The molecule has 0 aliphatic carbocycles. The highest BCUT2D eigenvalue weighted by Gasteiger charge is 2.27. The quantitative estimate of drug-likeness (QED) is 0.437. The molecule has 7 heteroatoms. The summed E-state index contributed by atoms with van der Waals surface area (Å²) in [7, 11) is 0. The van der Waals surface area contributed by atoms with Crippen LogP contribution in [0.25, 0.3) is 0 Å². The number of nitriles is 1. The molecule has 0 radical (unpaired) electrons. The lowest BCUT2D eigenvalue weighted by Gasteiger charge is -1.98. The van der Waals surface area contributed by atoms with E-state index in [-0.39, 0.29) is 6.07 Å². The smallest absolute Gasteiger partial charge is 0.258 e. The van der Waals surface area contributed by atoms with E-state index < -0.39 is 33.6 Å². The highest BCUT2D eigenvalue weighted by molar-refractivity contribution is 5.44. The third-order valence-electron chi connectivity index (χ3n) is 1.44. The Morgan fingerprint density at radius 3 is 1.94 bits per heavy atom. The zero-order chi connectivity index (χ0) is 14.9. The van der Waals surface area contributed by atoms with Crippen molar-refractivity contribution < 1.29 is 18.1 Å². The maximum absolute atomic E-state index is 12.9. The number of halogens is 3. The highest BCUT2D eigenvalue weighted by atomic mass is 19.2. The molecule has 1 aromatic rings. The van der Waals surface area contributed by atoms with E-state index >= 15 is 0 Å². The van der Waals surface area contributed by atoms with Crippen molar-refractivity contribution in [3.05, 3.63) is 39.2 Å². The number of nitro benzene ring substituents is 1. The van der Waals surface area contributed by atoms with E-state index in [4.69, 9.17) is 5.26 Å². The zero-order valence-corrected chi connectivity index (χ0v) is 10.4. The highest BCUT2D eigenvalue weighted by Crippen LogP contribution is 2.26. The van der Waals surface area contributed by atoms with Crippen LogP contribution in [0.4, 0.5) is 18.9 Å². The third-order valence-corrected chi connectivity index (χ3v) is 1.44. The Balaban J connectivity index is 0. The van der Waals surface area contributed by atoms with E-state index in [1.165, 1.54) is 6.07 Å². The van der Waals surface area contributed by atoms with Gasteiger partial charge in [-0.15, -0.1) is 0 Å². The van der Waals surface area contributed by atoms with Crippen LogP contribution in [-0.2, 0) is 0 Å². The van der Waals surface area contributed by atoms with Crippen molar-refractivity contribution >= 4 is 5.69 Å². The van der Waals surface area contributed by atoms with Gasteiger partial charge in [0.1, 0.15) is 6.07 Å². The lowest BCUT2D eigenvalue weighted by molar-refractivity contribution is -0.390. The van der Waals surface area contributed by atoms with Gasteiger partial charge in [0.25, 0.3) is 0 Å². The molecule has 0 aromatic heterocycles. The first kappa shape index (κ1) is 18.3. The molecule has 0 unspecified atom stereocenters. The second kappa shape index (κ2) is 8.98. The second-order valence-corrected chi connectivity index (χ2v) is 2.25. The van der Waals surface area contributed by atoms with Crippen molar-refractivity contribution in [1.82, 2.24) is 0 Å². The first-order valence-corrected chi connectivity index (χ1v) is 5.21. The van der Waals surface area contributed by atoms with Crippen LogP contribution in [0.1, 0.15) is 33.3 Å². The number of nitrogens with zero attached hydrogens (tertiary/aromatic N) is 2. The maximum Gasteiger partial charge on any atom is 0.344 e. The number of hydrogen-bond donors (Lipinski definition) is 0. The number of rotatable bonds is 1. The minimum Gasteiger partial charge on any atom is -0.258 e. The average molecular weight is 262 g/mol. The van der Waals surface area contributed by atoms with Crippen molar-refractivity contribution in [2.75, 3.05) is 0 Å². The molecular weight excluding hydrogens is 249 g/mol. The molecule has 0 spiro atoms. The van der Waals surface area contributed by atoms with Gasteiger partial charge >= 0.3 is 5.69 Å². The SMILES string of the molecule is CC.CC.N#Cc1cc(F)c(F)c([N+](=O)[O-])c1F. The molecule has 0 aliphatic heterocycles. The Labute approximate surface area is 103 Å². The van der Waals surface area contributed by atoms with Crippen molar-refractivity contribution in [2.45, 2.75) is 27.7 Å². The Morgan fingerprint density at radius 2 is 1.61 bits per heavy atom. The monoisotopic (exact) mass is 262 g/mol. The number of benzene rings is 1. The molecule has 0 saturated carbocycles. The van der Waals surface area contributed by atoms with Gasteiger partial charge in [-0.25, -0.2) is 4.39 Å². The molecule has 18 heavy (non-hydrogen) atoms. The van der Waals surface area contributed by atoms with Crippen molar-refractivity contribution in [3.63, 3.8) is 0 Å². The molecule has 4 nitrogen and oxygen atoms in total. The topological polar surface area (TPSA) is 66.9 Å². The van der Waals surface area contributed by atoms with E-state index in [1.54, 1.807) is 0 Å². The molecule has 0 saturated heterocycles. The molecule has 1 aromatic carbocycles. The van der Waals surface area contributed by atoms with Crippen LogP contribution in [0.5, 0.6) is 0 Å². The van der Waals surface area contributed by atoms with Crippen LogP contribution in [0, 0.1) is 38.9 Å². The Kier molecular flexibility index (Phi) is 9.12. The van der Waals surface area contributed by atoms with E-state index in [0.717, 1.165) is 0 Å². The van der Waals surface area contributed by atoms with Gasteiger partial charge < -0.3 is 0 Å². The normalized spacial score (nSPS) is 8.11. The molecule has 0 aliphatic rings. The van der Waals surface area contributed by atoms with Gasteiger partial charge in [0.05, 0.1) is 10.5 Å². The van der Waals surface area contributed by atoms with Crippen molar-refractivity contribution in [2.24, 2.45) is 0 Å². The summed E-state index contributed by atoms with van der Waals surface area (Å²) in [6, 6.07) is 1.43. The first-order valence-electron chi connectivity index (χ1n) is 5.21. The molecule has 1 rings (SSSR count). The van der Waals surface area contributed by atoms with Crippen LogP contribution in [0.3, 0.4) is 0 Å². The minimum atomic E-state index is -1.91. The van der Waals surface area contributed by atoms with Crippen LogP contribution in [-0.4, -0.2) is 4.92 Å². The summed E-state index contributed by atoms with van der Waals surface area (Å²) in [5.41, 5.74) is -2.56. The van der Waals surface area contributed by atoms with Crippen molar-refractivity contribution in [3.8, 4) is 6.07 Å². The second-order valence-electron chi connectivity index (χ2n) is 2.25. The molecule has 0 amide bonds. The summed E-state index contributed by atoms with van der Waals surface area (Å²) < 4.78 is 38.1. The molecule has 0 atom stereocenters. The van der Waals surface area contributed by atoms with Gasteiger partial charge in [-0.2, -0.15) is 14.0 Å². The van der Waals surface area contributed by atoms with Gasteiger partial charge in [0.15, 0.2) is 5.82 Å². The summed E-state index contributed by atoms with van der Waals surface area (Å²) in [4.78, 5) is 8.69. The summed E-state index contributed by atoms with van der Waals surface area (Å²) in [6.07, 6.45) is 0. The minimum absolute atomic E-state index is 0.262. The van der Waals surface area contributed by atoms with E-state index in [2.05, 4.69) is 0 Å². The van der Waals surface area contributed by atoms with Crippen LogP contribution in [0.2, 0.25) is 0 Å². The molecule has 0 bridgehead atoms. The first-order chi connectivity index (χ1) is 8.49. The predicted molar refractivity (Wildman–Crippen MR) is 60.4 cm³/mol. The fourth-order valence-corrected chi connectivity index (χ4v) is 0.832. The predicted octanol–water partition coefficient (Wildman–Crippen LogP) is 3.94. The average Bonchev–Trinajstić information content (AvgIpc) is 2.38. The summed E-state index contributed by atoms with van der Waals surface area (Å²) >= 11 is 0. The van der Waals surface area contributed by atoms with Gasteiger partial charge in [0, 0.05) is 0 Å². The van der Waals surface area contributed by atoms with Gasteiger partial charge in [-0.1, -0.05) is 27.7 Å². The molecule has 0 fully saturated rings. The summed E-state index contributed by atoms with van der Waals surface area (Å²) in [6.45, 7) is 8.00. The standard InChI is InChI=1S/C7HF3N2O2.2C2H6/c8-4-1-3(2-11)5(9)7(6(4)10)12(13)14;2*1-2/h1H;2*1-2H3. The zero-order valence-electron chi connectivity index (χ0n) is 10.4. The van der Waals surface area contributed by atoms with Gasteiger partial charge in [-0.3, -0.25) is 10.1 Å². The van der Waals surface area contributed by atoms with Crippen molar-refractivity contribution in [1.29, 1.82) is 5.26 Å².